The van der Waals surface area contributed by atoms with Gasteiger partial charge >= 0.3 is 0 Å². The van der Waals surface area contributed by atoms with E-state index in [0.717, 1.165) is 22.4 Å². The maximum Gasteiger partial charge on any atom is 0.188 e. The van der Waals surface area contributed by atoms with Crippen LogP contribution in [0.1, 0.15) is 24.1 Å². The summed E-state index contributed by atoms with van der Waals surface area (Å²) in [5.41, 5.74) is 6.13. The van der Waals surface area contributed by atoms with Crippen LogP contribution < -0.4 is 10.5 Å². The van der Waals surface area contributed by atoms with Crippen LogP contribution in [0.5, 0.6) is 5.06 Å². The van der Waals surface area contributed by atoms with Crippen molar-refractivity contribution in [1.29, 1.82) is 0 Å². The van der Waals surface area contributed by atoms with E-state index in [1.165, 1.54) is 11.3 Å². The van der Waals surface area contributed by atoms with E-state index in [0.29, 0.717) is 0 Å². The summed E-state index contributed by atoms with van der Waals surface area (Å²) in [5, 5.41) is 0.923. The van der Waals surface area contributed by atoms with Crippen molar-refractivity contribution in [2.24, 2.45) is 5.73 Å². The van der Waals surface area contributed by atoms with Gasteiger partial charge in [0.05, 0.1) is 17.1 Å². The highest BCUT2D eigenvalue weighted by molar-refractivity contribution is 9.10. The zero-order valence-electron chi connectivity index (χ0n) is 7.47. The second-order valence-electron chi connectivity index (χ2n) is 3.46. The summed E-state index contributed by atoms with van der Waals surface area (Å²) in [5.74, 6) is 0. The van der Waals surface area contributed by atoms with Crippen molar-refractivity contribution in [1.82, 2.24) is 0 Å². The molecule has 1 aromatic heterocycles. The van der Waals surface area contributed by atoms with Crippen LogP contribution in [-0.2, 0) is 5.54 Å². The number of hydrogen-bond acceptors (Lipinski definition) is 3. The van der Waals surface area contributed by atoms with Gasteiger partial charge in [-0.3, -0.25) is 0 Å². The summed E-state index contributed by atoms with van der Waals surface area (Å²) >= 11 is 5.10. The number of ether oxygens (including phenoxy) is 1. The average Bonchev–Trinajstić information content (AvgIpc) is 2.43. The molecule has 0 spiro atoms. The van der Waals surface area contributed by atoms with Gasteiger partial charge in [0.25, 0.3) is 0 Å². The molecule has 2 nitrogen and oxygen atoms in total. The Balaban J connectivity index is 2.30. The third-order valence-electron chi connectivity index (χ3n) is 2.58. The number of hydrogen-bond donors (Lipinski definition) is 1. The third-order valence-corrected chi connectivity index (χ3v) is 4.75. The molecule has 0 aliphatic heterocycles. The highest BCUT2D eigenvalue weighted by atomic mass is 79.9. The molecule has 4 heteroatoms. The van der Waals surface area contributed by atoms with Crippen molar-refractivity contribution in [3.8, 4) is 5.06 Å². The van der Waals surface area contributed by atoms with Gasteiger partial charge in [0.15, 0.2) is 5.06 Å². The zero-order valence-corrected chi connectivity index (χ0v) is 9.87. The molecule has 1 fully saturated rings. The van der Waals surface area contributed by atoms with Crippen molar-refractivity contribution in [2.75, 3.05) is 7.11 Å². The van der Waals surface area contributed by atoms with Crippen LogP contribution in [0.4, 0.5) is 0 Å². The molecule has 0 bridgehead atoms. The minimum absolute atomic E-state index is 0.0655. The Morgan fingerprint density at radius 2 is 2.31 bits per heavy atom. The van der Waals surface area contributed by atoms with Gasteiger partial charge in [-0.05, 0) is 41.3 Å². The van der Waals surface area contributed by atoms with Crippen molar-refractivity contribution in [2.45, 2.75) is 24.8 Å². The first-order valence-corrected chi connectivity index (χ1v) is 5.89. The molecule has 2 N–H and O–H groups in total. The van der Waals surface area contributed by atoms with Crippen LogP contribution in [0, 0.1) is 0 Å². The van der Waals surface area contributed by atoms with Crippen molar-refractivity contribution in [3.05, 3.63) is 15.4 Å². The lowest BCUT2D eigenvalue weighted by Gasteiger charge is -2.37. The fourth-order valence-electron chi connectivity index (χ4n) is 1.54. The Labute approximate surface area is 90.2 Å². The number of halogens is 1. The largest absolute Gasteiger partial charge is 0.486 e. The van der Waals surface area contributed by atoms with Crippen molar-refractivity contribution >= 4 is 27.3 Å². The molecule has 0 aromatic carbocycles. The molecular formula is C9H12BrNOS. The van der Waals surface area contributed by atoms with Crippen LogP contribution in [0.2, 0.25) is 0 Å². The van der Waals surface area contributed by atoms with E-state index in [4.69, 9.17) is 10.5 Å². The Morgan fingerprint density at radius 1 is 1.62 bits per heavy atom. The number of thiophene rings is 1. The first-order chi connectivity index (χ1) is 6.15. The second-order valence-corrected chi connectivity index (χ2v) is 5.33. The fourth-order valence-corrected chi connectivity index (χ4v) is 3.35. The second kappa shape index (κ2) is 3.26. The molecule has 1 saturated carbocycles. The molecule has 0 saturated heterocycles. The SMILES string of the molecule is COc1sc(C2(N)CCC2)cc1Br. The van der Waals surface area contributed by atoms with Gasteiger partial charge in [-0.25, -0.2) is 0 Å². The average molecular weight is 262 g/mol. The van der Waals surface area contributed by atoms with Crippen LogP contribution in [-0.4, -0.2) is 7.11 Å². The third kappa shape index (κ3) is 1.51. The molecule has 2 rings (SSSR count). The zero-order chi connectivity index (χ0) is 9.47. The Bertz CT molecular complexity index is 319. The maximum atomic E-state index is 6.20. The van der Waals surface area contributed by atoms with E-state index in [-0.39, 0.29) is 5.54 Å². The molecule has 0 amide bonds. The predicted molar refractivity (Wildman–Crippen MR) is 58.3 cm³/mol. The van der Waals surface area contributed by atoms with E-state index in [9.17, 15) is 0 Å². The summed E-state index contributed by atoms with van der Waals surface area (Å²) in [6.45, 7) is 0. The summed E-state index contributed by atoms with van der Waals surface area (Å²) in [6, 6.07) is 2.09. The van der Waals surface area contributed by atoms with E-state index in [1.54, 1.807) is 18.4 Å². The van der Waals surface area contributed by atoms with Gasteiger partial charge in [0, 0.05) is 4.88 Å². The minimum atomic E-state index is -0.0655. The lowest BCUT2D eigenvalue weighted by atomic mass is 9.77. The van der Waals surface area contributed by atoms with Gasteiger partial charge in [-0.1, -0.05) is 0 Å². The smallest absolute Gasteiger partial charge is 0.188 e. The van der Waals surface area contributed by atoms with E-state index in [2.05, 4.69) is 22.0 Å². The molecule has 1 aromatic rings. The Kier molecular flexibility index (Phi) is 2.38. The van der Waals surface area contributed by atoms with Gasteiger partial charge in [-0.2, -0.15) is 0 Å². The van der Waals surface area contributed by atoms with E-state index >= 15 is 0 Å². The van der Waals surface area contributed by atoms with Crippen LogP contribution in [0.15, 0.2) is 10.5 Å². The van der Waals surface area contributed by atoms with Crippen LogP contribution in [0.25, 0.3) is 0 Å². The van der Waals surface area contributed by atoms with Gasteiger partial charge in [0.2, 0.25) is 0 Å². The monoisotopic (exact) mass is 261 g/mol. The molecule has 0 atom stereocenters. The van der Waals surface area contributed by atoms with Gasteiger partial charge in [-0.15, -0.1) is 11.3 Å². The lowest BCUT2D eigenvalue weighted by molar-refractivity contribution is 0.259. The lowest BCUT2D eigenvalue weighted by Crippen LogP contribution is -2.42. The van der Waals surface area contributed by atoms with Crippen molar-refractivity contribution < 1.29 is 4.74 Å². The summed E-state index contributed by atoms with van der Waals surface area (Å²) in [4.78, 5) is 1.24. The summed E-state index contributed by atoms with van der Waals surface area (Å²) < 4.78 is 6.23. The van der Waals surface area contributed by atoms with Crippen LogP contribution >= 0.6 is 27.3 Å². The molecular weight excluding hydrogens is 250 g/mol. The van der Waals surface area contributed by atoms with Gasteiger partial charge in [0.1, 0.15) is 0 Å². The van der Waals surface area contributed by atoms with Crippen LogP contribution in [0.3, 0.4) is 0 Å². The quantitative estimate of drug-likeness (QED) is 0.889. The molecule has 0 radical (unpaired) electrons. The molecule has 1 aliphatic carbocycles. The number of rotatable bonds is 2. The Hall–Kier alpha value is -0.0600. The molecule has 13 heavy (non-hydrogen) atoms. The fraction of sp³-hybridized carbons (Fsp3) is 0.556. The van der Waals surface area contributed by atoms with E-state index < -0.39 is 0 Å². The Morgan fingerprint density at radius 3 is 2.69 bits per heavy atom. The topological polar surface area (TPSA) is 35.2 Å². The number of nitrogens with two attached hydrogens (primary N) is 1. The molecule has 0 unspecified atom stereocenters. The molecule has 72 valence electrons. The summed E-state index contributed by atoms with van der Waals surface area (Å²) in [7, 11) is 1.68. The predicted octanol–water partition coefficient (Wildman–Crippen LogP) is 2.86. The standard InChI is InChI=1S/C9H12BrNOS/c1-12-8-6(10)5-7(13-8)9(11)3-2-4-9/h5H,2-4,11H2,1H3. The maximum absolute atomic E-state index is 6.20. The highest BCUT2D eigenvalue weighted by Crippen LogP contribution is 2.46. The summed E-state index contributed by atoms with van der Waals surface area (Å²) in [6.07, 6.45) is 3.44. The normalized spacial score (nSPS) is 19.6. The first kappa shape index (κ1) is 9.49. The minimum Gasteiger partial charge on any atom is -0.486 e. The number of methoxy groups -OCH3 is 1. The molecule has 1 aliphatic rings. The van der Waals surface area contributed by atoms with Crippen molar-refractivity contribution in [3.63, 3.8) is 0 Å². The molecule has 1 heterocycles. The van der Waals surface area contributed by atoms with Gasteiger partial charge < -0.3 is 10.5 Å². The van der Waals surface area contributed by atoms with E-state index in [1.807, 2.05) is 0 Å². The first-order valence-electron chi connectivity index (χ1n) is 4.28. The highest BCUT2D eigenvalue weighted by Gasteiger charge is 2.36.